The molecular formula is C24H30FN3O4. The maximum Gasteiger partial charge on any atom is 0.276 e. The number of carbonyl (C=O) groups excluding carboxylic acids is 1. The van der Waals surface area contributed by atoms with Gasteiger partial charge in [-0.1, -0.05) is 6.92 Å². The van der Waals surface area contributed by atoms with Crippen LogP contribution in [0, 0.1) is 5.82 Å². The summed E-state index contributed by atoms with van der Waals surface area (Å²) in [5, 5.41) is 8.97. The highest BCUT2D eigenvalue weighted by Gasteiger charge is 2.24. The Balaban J connectivity index is 1.76. The number of benzene rings is 2. The average molecular weight is 444 g/mol. The summed E-state index contributed by atoms with van der Waals surface area (Å²) in [4.78, 5) is 13.0. The van der Waals surface area contributed by atoms with Crippen LogP contribution in [0.15, 0.2) is 41.5 Å². The number of halogens is 1. The predicted octanol–water partition coefficient (Wildman–Crippen LogP) is 3.86. The Hall–Kier alpha value is -3.13. The van der Waals surface area contributed by atoms with Crippen molar-refractivity contribution in [3.63, 3.8) is 0 Å². The first-order chi connectivity index (χ1) is 15.6. The van der Waals surface area contributed by atoms with Crippen molar-refractivity contribution in [2.24, 2.45) is 5.10 Å². The fourth-order valence-corrected chi connectivity index (χ4v) is 3.43. The smallest absolute Gasteiger partial charge is 0.276 e. The molecule has 1 amide bonds. The Morgan fingerprint density at radius 3 is 2.72 bits per heavy atom. The van der Waals surface area contributed by atoms with E-state index in [9.17, 15) is 9.18 Å². The van der Waals surface area contributed by atoms with Crippen LogP contribution in [0.5, 0.6) is 17.2 Å². The molecule has 8 heteroatoms. The van der Waals surface area contributed by atoms with Gasteiger partial charge in [-0.15, -0.1) is 0 Å². The second kappa shape index (κ2) is 11.5. The number of nitrogens with zero attached hydrogens (tertiary/aromatic N) is 2. The minimum atomic E-state index is -0.624. The molecule has 0 saturated carbocycles. The van der Waals surface area contributed by atoms with Crippen molar-refractivity contribution in [2.45, 2.75) is 26.7 Å². The summed E-state index contributed by atoms with van der Waals surface area (Å²) in [5.41, 5.74) is 1.56. The summed E-state index contributed by atoms with van der Waals surface area (Å²) in [5.74, 6) is 0.546. The zero-order valence-corrected chi connectivity index (χ0v) is 18.8. The lowest BCUT2D eigenvalue weighted by Crippen LogP contribution is -2.32. The zero-order valence-electron chi connectivity index (χ0n) is 18.8. The molecule has 1 aliphatic heterocycles. The number of methoxy groups -OCH3 is 1. The lowest BCUT2D eigenvalue weighted by Gasteiger charge is -2.24. The van der Waals surface area contributed by atoms with Gasteiger partial charge in [0.2, 0.25) is 0 Å². The first-order valence-corrected chi connectivity index (χ1v) is 10.9. The van der Waals surface area contributed by atoms with Crippen molar-refractivity contribution in [3.05, 3.63) is 53.3 Å². The molecule has 0 radical (unpaired) electrons. The van der Waals surface area contributed by atoms with Gasteiger partial charge in [-0.2, -0.15) is 5.10 Å². The van der Waals surface area contributed by atoms with Crippen molar-refractivity contribution in [1.29, 1.82) is 0 Å². The highest BCUT2D eigenvalue weighted by atomic mass is 19.1. The molecule has 1 aliphatic rings. The van der Waals surface area contributed by atoms with Gasteiger partial charge in [-0.3, -0.25) is 4.79 Å². The highest BCUT2D eigenvalue weighted by molar-refractivity contribution is 6.03. The Morgan fingerprint density at radius 1 is 1.16 bits per heavy atom. The second-order valence-electron chi connectivity index (χ2n) is 7.22. The van der Waals surface area contributed by atoms with E-state index in [4.69, 9.17) is 14.2 Å². The molecule has 2 aromatic rings. The predicted molar refractivity (Wildman–Crippen MR) is 121 cm³/mol. The van der Waals surface area contributed by atoms with Gasteiger partial charge in [0, 0.05) is 24.7 Å². The molecule has 0 fully saturated rings. The Morgan fingerprint density at radius 2 is 2.00 bits per heavy atom. The van der Waals surface area contributed by atoms with Crippen LogP contribution in [0.1, 0.15) is 42.6 Å². The van der Waals surface area contributed by atoms with Crippen LogP contribution in [-0.2, 0) is 0 Å². The molecule has 0 saturated heterocycles. The van der Waals surface area contributed by atoms with Crippen LogP contribution < -0.4 is 19.5 Å². The molecule has 0 aliphatic carbocycles. The quantitative estimate of drug-likeness (QED) is 0.565. The van der Waals surface area contributed by atoms with E-state index in [1.165, 1.54) is 17.1 Å². The third kappa shape index (κ3) is 5.76. The maximum absolute atomic E-state index is 14.7. The van der Waals surface area contributed by atoms with E-state index in [0.717, 1.165) is 24.2 Å². The number of likely N-dealkylation sites (N-methyl/N-ethyl adjacent to an activating group) is 1. The lowest BCUT2D eigenvalue weighted by atomic mass is 10.0. The molecule has 7 nitrogen and oxygen atoms in total. The van der Waals surface area contributed by atoms with Gasteiger partial charge in [-0.05, 0) is 56.6 Å². The van der Waals surface area contributed by atoms with E-state index in [0.29, 0.717) is 50.0 Å². The Bertz CT molecular complexity index is 964. The molecule has 1 heterocycles. The van der Waals surface area contributed by atoms with E-state index in [1.807, 2.05) is 32.0 Å². The Kier molecular flexibility index (Phi) is 8.44. The maximum atomic E-state index is 14.7. The van der Waals surface area contributed by atoms with Gasteiger partial charge in [0.25, 0.3) is 5.91 Å². The monoisotopic (exact) mass is 443 g/mol. The largest absolute Gasteiger partial charge is 0.493 e. The van der Waals surface area contributed by atoms with Gasteiger partial charge in [0.05, 0.1) is 25.0 Å². The molecule has 0 bridgehead atoms. The first-order valence-electron chi connectivity index (χ1n) is 10.9. The second-order valence-corrected chi connectivity index (χ2v) is 7.22. The van der Waals surface area contributed by atoms with Gasteiger partial charge in [-0.25, -0.2) is 9.40 Å². The fraction of sp³-hybridized carbons (Fsp3) is 0.417. The van der Waals surface area contributed by atoms with Crippen molar-refractivity contribution < 1.29 is 23.4 Å². The van der Waals surface area contributed by atoms with Gasteiger partial charge >= 0.3 is 0 Å². The van der Waals surface area contributed by atoms with Crippen LogP contribution >= 0.6 is 0 Å². The number of ether oxygens (including phenoxy) is 3. The summed E-state index contributed by atoms with van der Waals surface area (Å²) in [7, 11) is 1.59. The SMILES string of the molecule is CCNCCOc1ccc(C(=O)N2CCCC(c3ccc(OC)c(OCC)c3)=N2)c(F)c1. The van der Waals surface area contributed by atoms with E-state index in [-0.39, 0.29) is 5.56 Å². The molecule has 3 rings (SSSR count). The van der Waals surface area contributed by atoms with E-state index >= 15 is 0 Å². The number of hydrogen-bond donors (Lipinski definition) is 1. The Labute approximate surface area is 188 Å². The van der Waals surface area contributed by atoms with Crippen LogP contribution in [0.2, 0.25) is 0 Å². The van der Waals surface area contributed by atoms with Gasteiger partial charge in [0.1, 0.15) is 18.2 Å². The molecular weight excluding hydrogens is 413 g/mol. The standard InChI is InChI=1S/C24H30FN3O4/c1-4-26-12-14-32-18-9-10-19(20(25)16-18)24(29)28-13-6-7-21(27-28)17-8-11-22(30-3)23(15-17)31-5-2/h8-11,15-16,26H,4-7,12-14H2,1-3H3. The molecule has 32 heavy (non-hydrogen) atoms. The molecule has 0 atom stereocenters. The molecule has 0 unspecified atom stereocenters. The van der Waals surface area contributed by atoms with Crippen LogP contribution in [-0.4, -0.2) is 56.6 Å². The minimum Gasteiger partial charge on any atom is -0.493 e. The number of hydrogen-bond acceptors (Lipinski definition) is 6. The lowest BCUT2D eigenvalue weighted by molar-refractivity contribution is 0.0747. The topological polar surface area (TPSA) is 72.4 Å². The third-order valence-electron chi connectivity index (χ3n) is 5.02. The van der Waals surface area contributed by atoms with Crippen molar-refractivity contribution in [1.82, 2.24) is 10.3 Å². The third-order valence-corrected chi connectivity index (χ3v) is 5.02. The highest BCUT2D eigenvalue weighted by Crippen LogP contribution is 2.30. The summed E-state index contributed by atoms with van der Waals surface area (Å²) >= 11 is 0. The summed E-state index contributed by atoms with van der Waals surface area (Å²) in [6.45, 7) is 6.76. The normalized spacial score (nSPS) is 13.5. The zero-order chi connectivity index (χ0) is 22.9. The summed E-state index contributed by atoms with van der Waals surface area (Å²) < 4.78 is 31.1. The van der Waals surface area contributed by atoms with Crippen molar-refractivity contribution in [3.8, 4) is 17.2 Å². The molecule has 1 N–H and O–H groups in total. The minimum absolute atomic E-state index is 0.0289. The fourth-order valence-electron chi connectivity index (χ4n) is 3.43. The number of hydrazone groups is 1. The van der Waals surface area contributed by atoms with E-state index in [2.05, 4.69) is 10.4 Å². The average Bonchev–Trinajstić information content (AvgIpc) is 2.82. The number of rotatable bonds is 10. The number of amides is 1. The van der Waals surface area contributed by atoms with Gasteiger partial charge < -0.3 is 19.5 Å². The van der Waals surface area contributed by atoms with Crippen LogP contribution in [0.25, 0.3) is 0 Å². The van der Waals surface area contributed by atoms with E-state index in [1.54, 1.807) is 13.2 Å². The first kappa shape index (κ1) is 23.5. The number of nitrogens with one attached hydrogen (secondary N) is 1. The van der Waals surface area contributed by atoms with Crippen molar-refractivity contribution >= 4 is 11.6 Å². The van der Waals surface area contributed by atoms with E-state index < -0.39 is 11.7 Å². The van der Waals surface area contributed by atoms with Crippen LogP contribution in [0.4, 0.5) is 4.39 Å². The summed E-state index contributed by atoms with van der Waals surface area (Å²) in [6.07, 6.45) is 1.44. The molecule has 172 valence electrons. The van der Waals surface area contributed by atoms with Crippen molar-refractivity contribution in [2.75, 3.05) is 40.0 Å². The molecule has 0 aromatic heterocycles. The molecule has 2 aromatic carbocycles. The number of carbonyl (C=O) groups is 1. The van der Waals surface area contributed by atoms with Gasteiger partial charge in [0.15, 0.2) is 11.5 Å². The molecule has 0 spiro atoms. The van der Waals surface area contributed by atoms with Crippen LogP contribution in [0.3, 0.4) is 0 Å². The summed E-state index contributed by atoms with van der Waals surface area (Å²) in [6, 6.07) is 9.85.